The highest BCUT2D eigenvalue weighted by Crippen LogP contribution is 2.29. The van der Waals surface area contributed by atoms with Gasteiger partial charge in [-0.05, 0) is 19.1 Å². The number of aromatic nitrogens is 1. The summed E-state index contributed by atoms with van der Waals surface area (Å²) in [5.74, 6) is 0.0452. The molecule has 0 unspecified atom stereocenters. The molecule has 0 radical (unpaired) electrons. The van der Waals surface area contributed by atoms with Gasteiger partial charge in [0.15, 0.2) is 0 Å². The number of ether oxygens (including phenoxy) is 1. The predicted molar refractivity (Wildman–Crippen MR) is 89.6 cm³/mol. The topological polar surface area (TPSA) is 45.7 Å². The van der Waals surface area contributed by atoms with Crippen LogP contribution in [-0.2, 0) is 16.1 Å². The molecule has 2 saturated heterocycles. The van der Waals surface area contributed by atoms with Gasteiger partial charge in [-0.2, -0.15) is 0 Å². The fraction of sp³-hybridized carbons (Fsp3) is 0.412. The minimum absolute atomic E-state index is 0.0452. The molecule has 23 heavy (non-hydrogen) atoms. The second-order valence-electron chi connectivity index (χ2n) is 6.07. The largest absolute Gasteiger partial charge is 0.365 e. The molecule has 1 aromatic carbocycles. The minimum Gasteiger partial charge on any atom is -0.365 e. The number of benzene rings is 1. The Bertz CT molecular complexity index is 703. The van der Waals surface area contributed by atoms with Crippen LogP contribution < -0.4 is 4.90 Å². The number of aryl methyl sites for hydroxylation is 1. The first-order chi connectivity index (χ1) is 11.2. The summed E-state index contributed by atoms with van der Waals surface area (Å²) in [5, 5.41) is 3.20. The maximum atomic E-state index is 12.4. The minimum atomic E-state index is 0.0452. The van der Waals surface area contributed by atoms with Gasteiger partial charge >= 0.3 is 0 Å². The van der Waals surface area contributed by atoms with Crippen molar-refractivity contribution in [3.05, 3.63) is 46.4 Å². The highest BCUT2D eigenvalue weighted by Gasteiger charge is 2.43. The number of fused-ring (bicyclic) bond motifs is 1. The molecule has 3 heterocycles. The van der Waals surface area contributed by atoms with Crippen LogP contribution in [0.1, 0.15) is 10.7 Å². The van der Waals surface area contributed by atoms with Gasteiger partial charge in [0.25, 0.3) is 5.91 Å². The predicted octanol–water partition coefficient (Wildman–Crippen LogP) is 2.07. The SMILES string of the molecule is Cc1nc(CN2C[C@H]3OCC(=O)N(c4ccccc4)[C@H]3C2)cs1. The maximum Gasteiger partial charge on any atom is 0.253 e. The first kappa shape index (κ1) is 14.8. The molecule has 2 aromatic rings. The molecule has 1 aromatic heterocycles. The number of nitrogens with zero attached hydrogens (tertiary/aromatic N) is 3. The third kappa shape index (κ3) is 2.89. The summed E-state index contributed by atoms with van der Waals surface area (Å²) in [7, 11) is 0. The molecular formula is C17H19N3O2S. The number of para-hydroxylation sites is 1. The lowest BCUT2D eigenvalue weighted by atomic mass is 10.1. The second kappa shape index (κ2) is 6.03. The molecule has 5 nitrogen and oxygen atoms in total. The van der Waals surface area contributed by atoms with Crippen molar-refractivity contribution in [1.29, 1.82) is 0 Å². The van der Waals surface area contributed by atoms with Gasteiger partial charge in [0.05, 0.1) is 22.8 Å². The Morgan fingerprint density at radius 2 is 2.13 bits per heavy atom. The molecular weight excluding hydrogens is 310 g/mol. The van der Waals surface area contributed by atoms with E-state index in [1.165, 1.54) is 0 Å². The summed E-state index contributed by atoms with van der Waals surface area (Å²) in [4.78, 5) is 21.2. The van der Waals surface area contributed by atoms with E-state index >= 15 is 0 Å². The standard InChI is InChI=1S/C17H19N3O2S/c1-12-18-13(11-23-12)7-19-8-15-16(9-19)22-10-17(21)20(15)14-5-3-2-4-6-14/h2-6,11,15-16H,7-10H2,1H3/t15-,16+/m0/s1. The summed E-state index contributed by atoms with van der Waals surface area (Å²) in [6.45, 7) is 4.67. The fourth-order valence-electron chi connectivity index (χ4n) is 3.44. The summed E-state index contributed by atoms with van der Waals surface area (Å²) < 4.78 is 5.79. The van der Waals surface area contributed by atoms with Crippen LogP contribution in [0.2, 0.25) is 0 Å². The molecule has 1 amide bonds. The van der Waals surface area contributed by atoms with Crippen LogP contribution >= 0.6 is 11.3 Å². The Hall–Kier alpha value is -1.76. The lowest BCUT2D eigenvalue weighted by Gasteiger charge is -2.36. The maximum absolute atomic E-state index is 12.4. The van der Waals surface area contributed by atoms with Crippen LogP contribution in [0.3, 0.4) is 0 Å². The lowest BCUT2D eigenvalue weighted by Crippen LogP contribution is -2.54. The molecule has 0 saturated carbocycles. The van der Waals surface area contributed by atoms with Crippen molar-refractivity contribution in [3.63, 3.8) is 0 Å². The number of rotatable bonds is 3. The van der Waals surface area contributed by atoms with Crippen LogP contribution in [0, 0.1) is 6.92 Å². The molecule has 120 valence electrons. The molecule has 2 fully saturated rings. The number of carbonyl (C=O) groups excluding carboxylic acids is 1. The Morgan fingerprint density at radius 1 is 1.30 bits per heavy atom. The first-order valence-corrected chi connectivity index (χ1v) is 8.71. The average molecular weight is 329 g/mol. The van der Waals surface area contributed by atoms with Gasteiger partial charge in [0.2, 0.25) is 0 Å². The van der Waals surface area contributed by atoms with Crippen LogP contribution in [0.5, 0.6) is 0 Å². The number of hydrogen-bond acceptors (Lipinski definition) is 5. The zero-order valence-corrected chi connectivity index (χ0v) is 13.8. The van der Waals surface area contributed by atoms with Gasteiger partial charge in [-0.25, -0.2) is 4.98 Å². The number of anilines is 1. The third-order valence-corrected chi connectivity index (χ3v) is 5.24. The first-order valence-electron chi connectivity index (χ1n) is 7.83. The molecule has 2 aliphatic heterocycles. The van der Waals surface area contributed by atoms with E-state index in [9.17, 15) is 4.79 Å². The van der Waals surface area contributed by atoms with Gasteiger partial charge in [-0.3, -0.25) is 9.69 Å². The van der Waals surface area contributed by atoms with Crippen molar-refractivity contribution in [3.8, 4) is 0 Å². The summed E-state index contributed by atoms with van der Waals surface area (Å²) in [5.41, 5.74) is 2.06. The quantitative estimate of drug-likeness (QED) is 0.865. The Morgan fingerprint density at radius 3 is 2.87 bits per heavy atom. The zero-order chi connectivity index (χ0) is 15.8. The number of hydrogen-bond donors (Lipinski definition) is 0. The van der Waals surface area contributed by atoms with Crippen molar-refractivity contribution in [2.24, 2.45) is 0 Å². The van der Waals surface area contributed by atoms with Gasteiger partial charge < -0.3 is 9.64 Å². The van der Waals surface area contributed by atoms with E-state index < -0.39 is 0 Å². The van der Waals surface area contributed by atoms with E-state index in [1.807, 2.05) is 42.2 Å². The Kier molecular flexibility index (Phi) is 3.88. The van der Waals surface area contributed by atoms with E-state index in [4.69, 9.17) is 4.74 Å². The number of thiazole rings is 1. The van der Waals surface area contributed by atoms with E-state index in [2.05, 4.69) is 15.3 Å². The van der Waals surface area contributed by atoms with E-state index in [0.29, 0.717) is 0 Å². The van der Waals surface area contributed by atoms with Crippen LogP contribution in [-0.4, -0.2) is 47.6 Å². The Labute approximate surface area is 139 Å². The molecule has 0 aliphatic carbocycles. The fourth-order valence-corrected chi connectivity index (χ4v) is 4.04. The molecule has 2 aliphatic rings. The molecule has 0 N–H and O–H groups in total. The number of amides is 1. The number of morpholine rings is 1. The van der Waals surface area contributed by atoms with E-state index in [1.54, 1.807) is 11.3 Å². The molecule has 0 spiro atoms. The number of carbonyl (C=O) groups is 1. The normalized spacial score (nSPS) is 24.9. The van der Waals surface area contributed by atoms with Crippen molar-refractivity contribution < 1.29 is 9.53 Å². The molecule has 2 atom stereocenters. The van der Waals surface area contributed by atoms with E-state index in [0.717, 1.165) is 36.0 Å². The van der Waals surface area contributed by atoms with Gasteiger partial charge in [0, 0.05) is 30.7 Å². The van der Waals surface area contributed by atoms with Gasteiger partial charge in [-0.15, -0.1) is 11.3 Å². The third-order valence-electron chi connectivity index (χ3n) is 4.42. The summed E-state index contributed by atoms with van der Waals surface area (Å²) in [6, 6.07) is 9.98. The van der Waals surface area contributed by atoms with Gasteiger partial charge in [0.1, 0.15) is 6.61 Å². The second-order valence-corrected chi connectivity index (χ2v) is 7.13. The zero-order valence-electron chi connectivity index (χ0n) is 13.0. The molecule has 6 heteroatoms. The Balaban J connectivity index is 1.53. The number of likely N-dealkylation sites (tertiary alicyclic amines) is 1. The van der Waals surface area contributed by atoms with Crippen molar-refractivity contribution in [2.45, 2.75) is 25.6 Å². The van der Waals surface area contributed by atoms with E-state index in [-0.39, 0.29) is 24.7 Å². The van der Waals surface area contributed by atoms with Crippen molar-refractivity contribution >= 4 is 22.9 Å². The van der Waals surface area contributed by atoms with Gasteiger partial charge in [-0.1, -0.05) is 18.2 Å². The summed E-state index contributed by atoms with van der Waals surface area (Å²) in [6.07, 6.45) is 0.0765. The lowest BCUT2D eigenvalue weighted by molar-refractivity contribution is -0.130. The van der Waals surface area contributed by atoms with Crippen LogP contribution in [0.15, 0.2) is 35.7 Å². The summed E-state index contributed by atoms with van der Waals surface area (Å²) >= 11 is 1.68. The monoisotopic (exact) mass is 329 g/mol. The average Bonchev–Trinajstić information content (AvgIpc) is 3.14. The highest BCUT2D eigenvalue weighted by atomic mass is 32.1. The van der Waals surface area contributed by atoms with Crippen molar-refractivity contribution in [1.82, 2.24) is 9.88 Å². The van der Waals surface area contributed by atoms with Crippen molar-refractivity contribution in [2.75, 3.05) is 24.6 Å². The highest BCUT2D eigenvalue weighted by molar-refractivity contribution is 7.09. The van der Waals surface area contributed by atoms with Crippen LogP contribution in [0.25, 0.3) is 0 Å². The smallest absolute Gasteiger partial charge is 0.253 e. The van der Waals surface area contributed by atoms with Crippen LogP contribution in [0.4, 0.5) is 5.69 Å². The molecule has 4 rings (SSSR count). The molecule has 0 bridgehead atoms.